The molecule has 0 spiro atoms. The van der Waals surface area contributed by atoms with E-state index >= 15 is 0 Å². The molecular weight excluding hydrogens is 224 g/mol. The molecule has 0 aliphatic heterocycles. The molecule has 1 aliphatic carbocycles. The minimum Gasteiger partial charge on any atom is -0.381 e. The second-order valence-corrected chi connectivity index (χ2v) is 6.80. The fourth-order valence-electron chi connectivity index (χ4n) is 3.20. The van der Waals surface area contributed by atoms with E-state index in [4.69, 9.17) is 10.3 Å². The van der Waals surface area contributed by atoms with E-state index in [0.29, 0.717) is 23.1 Å². The third kappa shape index (κ3) is 2.55. The summed E-state index contributed by atoms with van der Waals surface area (Å²) in [5, 5.41) is 4.01. The first kappa shape index (κ1) is 13.4. The van der Waals surface area contributed by atoms with Crippen LogP contribution in [-0.4, -0.2) is 5.16 Å². The lowest BCUT2D eigenvalue weighted by Crippen LogP contribution is -2.26. The normalized spacial score (nSPS) is 23.5. The molecule has 1 unspecified atom stereocenters. The maximum Gasteiger partial charge on any atom is 0.170 e. The van der Waals surface area contributed by atoms with Crippen LogP contribution in [0.1, 0.15) is 70.6 Å². The van der Waals surface area contributed by atoms with Gasteiger partial charge >= 0.3 is 0 Å². The quantitative estimate of drug-likeness (QED) is 0.877. The lowest BCUT2D eigenvalue weighted by atomic mass is 9.67. The Morgan fingerprint density at radius 3 is 2.72 bits per heavy atom. The van der Waals surface area contributed by atoms with Crippen molar-refractivity contribution < 1.29 is 4.52 Å². The molecule has 18 heavy (non-hydrogen) atoms. The first-order valence-corrected chi connectivity index (χ1v) is 7.15. The third-order valence-corrected chi connectivity index (χ3v) is 4.29. The molecule has 0 radical (unpaired) electrons. The van der Waals surface area contributed by atoms with E-state index in [2.05, 4.69) is 32.9 Å². The highest BCUT2D eigenvalue weighted by Gasteiger charge is 2.37. The number of nitrogens with zero attached hydrogens (tertiary/aromatic N) is 1. The van der Waals surface area contributed by atoms with Crippen molar-refractivity contribution >= 4 is 5.82 Å². The molecule has 102 valence electrons. The number of rotatable bonds is 3. The van der Waals surface area contributed by atoms with Crippen molar-refractivity contribution in [1.29, 1.82) is 0 Å². The van der Waals surface area contributed by atoms with Crippen LogP contribution in [0.2, 0.25) is 0 Å². The van der Waals surface area contributed by atoms with E-state index in [-0.39, 0.29) is 0 Å². The van der Waals surface area contributed by atoms with Gasteiger partial charge in [0.15, 0.2) is 5.82 Å². The molecule has 1 heterocycles. The van der Waals surface area contributed by atoms with Gasteiger partial charge in [0.25, 0.3) is 0 Å². The van der Waals surface area contributed by atoms with Crippen molar-refractivity contribution in [2.75, 3.05) is 5.73 Å². The first-order chi connectivity index (χ1) is 8.42. The molecule has 0 saturated heterocycles. The molecule has 1 atom stereocenters. The highest BCUT2D eigenvalue weighted by Crippen LogP contribution is 2.48. The maximum atomic E-state index is 5.98. The lowest BCUT2D eigenvalue weighted by Gasteiger charge is -2.37. The summed E-state index contributed by atoms with van der Waals surface area (Å²) in [6, 6.07) is 0. The van der Waals surface area contributed by atoms with Gasteiger partial charge in [-0.2, -0.15) is 0 Å². The summed E-state index contributed by atoms with van der Waals surface area (Å²) in [6.45, 7) is 9.11. The Balaban J connectivity index is 2.32. The van der Waals surface area contributed by atoms with Gasteiger partial charge < -0.3 is 10.3 Å². The molecular formula is C15H26N2O. The van der Waals surface area contributed by atoms with Gasteiger partial charge in [-0.25, -0.2) is 0 Å². The highest BCUT2D eigenvalue weighted by molar-refractivity contribution is 5.42. The molecule has 2 N–H and O–H groups in total. The predicted octanol–water partition coefficient (Wildman–Crippen LogP) is 4.14. The molecule has 1 aromatic rings. The fourth-order valence-corrected chi connectivity index (χ4v) is 3.20. The SMILES string of the molecule is CC(C)Cc1c(N)noc1C1CCCCC1(C)C. The Hall–Kier alpha value is -0.990. The van der Waals surface area contributed by atoms with Crippen molar-refractivity contribution in [3.05, 3.63) is 11.3 Å². The smallest absolute Gasteiger partial charge is 0.170 e. The second-order valence-electron chi connectivity index (χ2n) is 6.80. The van der Waals surface area contributed by atoms with Crippen LogP contribution in [-0.2, 0) is 6.42 Å². The van der Waals surface area contributed by atoms with Crippen LogP contribution >= 0.6 is 0 Å². The van der Waals surface area contributed by atoms with Gasteiger partial charge in [0, 0.05) is 11.5 Å². The summed E-state index contributed by atoms with van der Waals surface area (Å²) in [5.41, 5.74) is 7.44. The Morgan fingerprint density at radius 2 is 2.11 bits per heavy atom. The van der Waals surface area contributed by atoms with Crippen molar-refractivity contribution in [2.24, 2.45) is 11.3 Å². The van der Waals surface area contributed by atoms with Gasteiger partial charge in [0.1, 0.15) is 5.76 Å². The molecule has 1 saturated carbocycles. The monoisotopic (exact) mass is 250 g/mol. The zero-order chi connectivity index (χ0) is 13.3. The Labute approximate surface area is 110 Å². The lowest BCUT2D eigenvalue weighted by molar-refractivity contribution is 0.167. The number of aromatic nitrogens is 1. The number of nitrogens with two attached hydrogens (primary N) is 1. The van der Waals surface area contributed by atoms with Crippen molar-refractivity contribution in [2.45, 2.75) is 65.7 Å². The molecule has 0 aromatic carbocycles. The number of anilines is 1. The largest absolute Gasteiger partial charge is 0.381 e. The zero-order valence-corrected chi connectivity index (χ0v) is 12.1. The summed E-state index contributed by atoms with van der Waals surface area (Å²) in [6.07, 6.45) is 6.05. The summed E-state index contributed by atoms with van der Waals surface area (Å²) in [4.78, 5) is 0. The van der Waals surface area contributed by atoms with E-state index in [0.717, 1.165) is 17.7 Å². The van der Waals surface area contributed by atoms with Crippen molar-refractivity contribution in [3.8, 4) is 0 Å². The molecule has 0 bridgehead atoms. The molecule has 3 nitrogen and oxygen atoms in total. The van der Waals surface area contributed by atoms with Crippen LogP contribution in [0.15, 0.2) is 4.52 Å². The first-order valence-electron chi connectivity index (χ1n) is 7.15. The minimum atomic E-state index is 0.302. The summed E-state index contributed by atoms with van der Waals surface area (Å²) in [5.74, 6) is 2.72. The maximum absolute atomic E-state index is 5.98. The molecule has 1 aromatic heterocycles. The van der Waals surface area contributed by atoms with Gasteiger partial charge in [-0.05, 0) is 30.6 Å². The Kier molecular flexibility index (Phi) is 3.69. The van der Waals surface area contributed by atoms with E-state index in [1.165, 1.54) is 25.7 Å². The van der Waals surface area contributed by atoms with Crippen LogP contribution < -0.4 is 5.73 Å². The average molecular weight is 250 g/mol. The van der Waals surface area contributed by atoms with Crippen LogP contribution in [0.25, 0.3) is 0 Å². The fraction of sp³-hybridized carbons (Fsp3) is 0.800. The van der Waals surface area contributed by atoms with E-state index < -0.39 is 0 Å². The number of nitrogen functional groups attached to an aromatic ring is 1. The minimum absolute atomic E-state index is 0.302. The zero-order valence-electron chi connectivity index (χ0n) is 12.1. The summed E-state index contributed by atoms with van der Waals surface area (Å²) >= 11 is 0. The Bertz CT molecular complexity index is 407. The van der Waals surface area contributed by atoms with Crippen LogP contribution in [0.3, 0.4) is 0 Å². The molecule has 2 rings (SSSR count). The molecule has 0 amide bonds. The van der Waals surface area contributed by atoms with Crippen LogP contribution in [0, 0.1) is 11.3 Å². The van der Waals surface area contributed by atoms with Crippen molar-refractivity contribution in [3.63, 3.8) is 0 Å². The molecule has 1 aliphatic rings. The highest BCUT2D eigenvalue weighted by atomic mass is 16.5. The van der Waals surface area contributed by atoms with Gasteiger partial charge in [0.05, 0.1) is 0 Å². The number of hydrogen-bond acceptors (Lipinski definition) is 3. The number of hydrogen-bond donors (Lipinski definition) is 1. The van der Waals surface area contributed by atoms with E-state index in [1.54, 1.807) is 0 Å². The summed E-state index contributed by atoms with van der Waals surface area (Å²) < 4.78 is 5.60. The van der Waals surface area contributed by atoms with Crippen LogP contribution in [0.5, 0.6) is 0 Å². The summed E-state index contributed by atoms with van der Waals surface area (Å²) in [7, 11) is 0. The predicted molar refractivity (Wildman–Crippen MR) is 74.4 cm³/mol. The molecule has 1 fully saturated rings. The standard InChI is InChI=1S/C15H26N2O/c1-10(2)9-11-13(18-17-14(11)16)12-7-5-6-8-15(12,3)4/h10,12H,5-9H2,1-4H3,(H2,16,17). The van der Waals surface area contributed by atoms with Gasteiger partial charge in [-0.15, -0.1) is 0 Å². The Morgan fingerprint density at radius 1 is 1.39 bits per heavy atom. The third-order valence-electron chi connectivity index (χ3n) is 4.29. The average Bonchev–Trinajstić information content (AvgIpc) is 2.60. The van der Waals surface area contributed by atoms with Gasteiger partial charge in [-0.1, -0.05) is 45.7 Å². The van der Waals surface area contributed by atoms with Gasteiger partial charge in [-0.3, -0.25) is 0 Å². The van der Waals surface area contributed by atoms with E-state index in [9.17, 15) is 0 Å². The van der Waals surface area contributed by atoms with Crippen molar-refractivity contribution in [1.82, 2.24) is 5.16 Å². The van der Waals surface area contributed by atoms with E-state index in [1.807, 2.05) is 0 Å². The topological polar surface area (TPSA) is 52.0 Å². The second kappa shape index (κ2) is 4.94. The molecule has 3 heteroatoms. The van der Waals surface area contributed by atoms with Crippen LogP contribution in [0.4, 0.5) is 5.82 Å². The van der Waals surface area contributed by atoms with Gasteiger partial charge in [0.2, 0.25) is 0 Å².